The zero-order chi connectivity index (χ0) is 20.5. The lowest BCUT2D eigenvalue weighted by Gasteiger charge is -2.26. The van der Waals surface area contributed by atoms with E-state index in [-0.39, 0.29) is 11.6 Å². The number of carbonyl (C=O) groups is 1. The number of benzene rings is 2. The maximum absolute atomic E-state index is 12.1. The van der Waals surface area contributed by atoms with Crippen molar-refractivity contribution in [2.75, 3.05) is 31.5 Å². The number of amides is 1. The first-order valence-electron chi connectivity index (χ1n) is 10.2. The van der Waals surface area contributed by atoms with Gasteiger partial charge in [0.05, 0.1) is 11.3 Å². The first-order valence-corrected chi connectivity index (χ1v) is 10.2. The standard InChI is InChI=1S/C22H28N4O3/c27-22(23-11-14-25-12-2-1-3-13-25)16-18-7-9-20(10-8-18)24-17-19-5-4-6-21(15-19)26(28)29/h4-10,15,24H,1-3,11-14,16-17H2,(H,23,27). The summed E-state index contributed by atoms with van der Waals surface area (Å²) in [6.45, 7) is 4.40. The molecule has 0 spiro atoms. The van der Waals surface area contributed by atoms with E-state index in [1.165, 1.54) is 25.3 Å². The van der Waals surface area contributed by atoms with Crippen LogP contribution in [0, 0.1) is 10.1 Å². The molecule has 7 nitrogen and oxygen atoms in total. The number of nitrogens with zero attached hydrogens (tertiary/aromatic N) is 2. The average molecular weight is 396 g/mol. The van der Waals surface area contributed by atoms with E-state index in [1.807, 2.05) is 30.3 Å². The van der Waals surface area contributed by atoms with Gasteiger partial charge in [-0.05, 0) is 49.2 Å². The number of piperidine rings is 1. The Morgan fingerprint density at radius 3 is 2.52 bits per heavy atom. The van der Waals surface area contributed by atoms with E-state index in [2.05, 4.69) is 15.5 Å². The number of anilines is 1. The molecule has 1 aliphatic rings. The topological polar surface area (TPSA) is 87.5 Å². The molecule has 1 fully saturated rings. The Kier molecular flexibility index (Phi) is 7.58. The number of hydrogen-bond donors (Lipinski definition) is 2. The molecule has 3 rings (SSSR count). The van der Waals surface area contributed by atoms with Crippen molar-refractivity contribution < 1.29 is 9.72 Å². The number of likely N-dealkylation sites (tertiary alicyclic amines) is 1. The maximum atomic E-state index is 12.1. The SMILES string of the molecule is O=C(Cc1ccc(NCc2cccc([N+](=O)[O-])c2)cc1)NCCN1CCCCC1. The molecular formula is C22H28N4O3. The zero-order valence-corrected chi connectivity index (χ0v) is 16.6. The van der Waals surface area contributed by atoms with Gasteiger partial charge in [0.15, 0.2) is 0 Å². The molecule has 0 saturated carbocycles. The van der Waals surface area contributed by atoms with Crippen LogP contribution in [0.3, 0.4) is 0 Å². The molecule has 1 amide bonds. The monoisotopic (exact) mass is 396 g/mol. The second kappa shape index (κ2) is 10.6. The minimum Gasteiger partial charge on any atom is -0.381 e. The van der Waals surface area contributed by atoms with Gasteiger partial charge in [0.2, 0.25) is 5.91 Å². The highest BCUT2D eigenvalue weighted by Crippen LogP contribution is 2.16. The molecule has 0 aliphatic carbocycles. The number of nitro benzene ring substituents is 1. The molecule has 7 heteroatoms. The summed E-state index contributed by atoms with van der Waals surface area (Å²) in [7, 11) is 0. The van der Waals surface area contributed by atoms with Gasteiger partial charge in [-0.3, -0.25) is 14.9 Å². The molecule has 0 unspecified atom stereocenters. The number of nitrogens with one attached hydrogen (secondary N) is 2. The van der Waals surface area contributed by atoms with Crippen molar-refractivity contribution in [1.29, 1.82) is 0 Å². The van der Waals surface area contributed by atoms with Crippen LogP contribution in [0.5, 0.6) is 0 Å². The predicted molar refractivity (Wildman–Crippen MR) is 114 cm³/mol. The van der Waals surface area contributed by atoms with Gasteiger partial charge in [0.25, 0.3) is 5.69 Å². The first kappa shape index (κ1) is 20.8. The summed E-state index contributed by atoms with van der Waals surface area (Å²) >= 11 is 0. The highest BCUT2D eigenvalue weighted by Gasteiger charge is 2.10. The van der Waals surface area contributed by atoms with Crippen molar-refractivity contribution in [3.8, 4) is 0 Å². The van der Waals surface area contributed by atoms with Crippen LogP contribution in [0.4, 0.5) is 11.4 Å². The second-order valence-corrected chi connectivity index (χ2v) is 7.41. The van der Waals surface area contributed by atoms with Crippen molar-refractivity contribution in [2.24, 2.45) is 0 Å². The molecule has 0 aromatic heterocycles. The Balaban J connectivity index is 1.40. The average Bonchev–Trinajstić information content (AvgIpc) is 2.74. The van der Waals surface area contributed by atoms with Crippen molar-refractivity contribution in [3.05, 3.63) is 69.8 Å². The number of hydrogen-bond acceptors (Lipinski definition) is 5. The molecule has 1 saturated heterocycles. The van der Waals surface area contributed by atoms with Crippen LogP contribution in [0.2, 0.25) is 0 Å². The summed E-state index contributed by atoms with van der Waals surface area (Å²) in [6, 6.07) is 14.3. The molecular weight excluding hydrogens is 368 g/mol. The molecule has 2 aromatic rings. The molecule has 2 N–H and O–H groups in total. The van der Waals surface area contributed by atoms with Gasteiger partial charge >= 0.3 is 0 Å². The van der Waals surface area contributed by atoms with Gasteiger partial charge < -0.3 is 15.5 Å². The fourth-order valence-corrected chi connectivity index (χ4v) is 3.51. The summed E-state index contributed by atoms with van der Waals surface area (Å²) in [6.07, 6.45) is 4.20. The normalized spacial score (nSPS) is 14.3. The summed E-state index contributed by atoms with van der Waals surface area (Å²) in [5, 5.41) is 17.1. The highest BCUT2D eigenvalue weighted by atomic mass is 16.6. The maximum Gasteiger partial charge on any atom is 0.269 e. The summed E-state index contributed by atoms with van der Waals surface area (Å²) in [5.41, 5.74) is 2.80. The van der Waals surface area contributed by atoms with E-state index < -0.39 is 4.92 Å². The molecule has 29 heavy (non-hydrogen) atoms. The van der Waals surface area contributed by atoms with Crippen LogP contribution >= 0.6 is 0 Å². The van der Waals surface area contributed by atoms with Crippen molar-refractivity contribution in [3.63, 3.8) is 0 Å². The van der Waals surface area contributed by atoms with Gasteiger partial charge in [-0.25, -0.2) is 0 Å². The molecule has 2 aromatic carbocycles. The van der Waals surface area contributed by atoms with Crippen LogP contribution in [0.1, 0.15) is 30.4 Å². The Labute approximate surface area is 171 Å². The number of non-ortho nitro benzene ring substituents is 1. The van der Waals surface area contributed by atoms with Gasteiger partial charge in [0, 0.05) is 37.5 Å². The van der Waals surface area contributed by atoms with Gasteiger partial charge in [-0.2, -0.15) is 0 Å². The van der Waals surface area contributed by atoms with Crippen LogP contribution in [-0.2, 0) is 17.8 Å². The van der Waals surface area contributed by atoms with Crippen molar-refractivity contribution in [1.82, 2.24) is 10.2 Å². The molecule has 0 radical (unpaired) electrons. The lowest BCUT2D eigenvalue weighted by molar-refractivity contribution is -0.384. The molecule has 154 valence electrons. The van der Waals surface area contributed by atoms with Gasteiger partial charge in [0.1, 0.15) is 0 Å². The molecule has 0 atom stereocenters. The van der Waals surface area contributed by atoms with E-state index in [1.54, 1.807) is 12.1 Å². The van der Waals surface area contributed by atoms with Gasteiger partial charge in [-0.1, -0.05) is 30.7 Å². The van der Waals surface area contributed by atoms with E-state index in [4.69, 9.17) is 0 Å². The minimum absolute atomic E-state index is 0.0410. The van der Waals surface area contributed by atoms with E-state index >= 15 is 0 Å². The smallest absolute Gasteiger partial charge is 0.269 e. The van der Waals surface area contributed by atoms with Crippen LogP contribution in [0.25, 0.3) is 0 Å². The number of carbonyl (C=O) groups excluding carboxylic acids is 1. The lowest BCUT2D eigenvalue weighted by atomic mass is 10.1. The Bertz CT molecular complexity index is 817. The van der Waals surface area contributed by atoms with Crippen LogP contribution < -0.4 is 10.6 Å². The lowest BCUT2D eigenvalue weighted by Crippen LogP contribution is -2.38. The zero-order valence-electron chi connectivity index (χ0n) is 16.6. The second-order valence-electron chi connectivity index (χ2n) is 7.41. The summed E-state index contributed by atoms with van der Waals surface area (Å²) in [4.78, 5) is 25.0. The Morgan fingerprint density at radius 1 is 1.03 bits per heavy atom. The van der Waals surface area contributed by atoms with E-state index in [0.29, 0.717) is 19.5 Å². The first-order chi connectivity index (χ1) is 14.1. The third kappa shape index (κ3) is 6.87. The van der Waals surface area contributed by atoms with Gasteiger partial charge in [-0.15, -0.1) is 0 Å². The fourth-order valence-electron chi connectivity index (χ4n) is 3.51. The number of rotatable bonds is 9. The number of nitro groups is 1. The largest absolute Gasteiger partial charge is 0.381 e. The quantitative estimate of drug-likeness (QED) is 0.501. The molecule has 1 aliphatic heterocycles. The fraction of sp³-hybridized carbons (Fsp3) is 0.409. The van der Waals surface area contributed by atoms with Crippen molar-refractivity contribution >= 4 is 17.3 Å². The third-order valence-corrected chi connectivity index (χ3v) is 5.14. The third-order valence-electron chi connectivity index (χ3n) is 5.14. The van der Waals surface area contributed by atoms with E-state index in [0.717, 1.165) is 36.4 Å². The van der Waals surface area contributed by atoms with Crippen LogP contribution in [-0.4, -0.2) is 41.9 Å². The van der Waals surface area contributed by atoms with Crippen molar-refractivity contribution in [2.45, 2.75) is 32.2 Å². The molecule has 1 heterocycles. The summed E-state index contributed by atoms with van der Waals surface area (Å²) < 4.78 is 0. The Hall–Kier alpha value is -2.93. The van der Waals surface area contributed by atoms with E-state index in [9.17, 15) is 14.9 Å². The highest BCUT2D eigenvalue weighted by molar-refractivity contribution is 5.78. The van der Waals surface area contributed by atoms with Crippen LogP contribution in [0.15, 0.2) is 48.5 Å². The predicted octanol–water partition coefficient (Wildman–Crippen LogP) is 3.35. The Morgan fingerprint density at radius 2 is 1.79 bits per heavy atom. The minimum atomic E-state index is -0.393. The summed E-state index contributed by atoms with van der Waals surface area (Å²) in [5.74, 6) is 0.0410. The molecule has 0 bridgehead atoms.